The van der Waals surface area contributed by atoms with E-state index in [1.165, 1.54) is 28.1 Å². The van der Waals surface area contributed by atoms with Crippen LogP contribution >= 0.6 is 0 Å². The molecule has 1 aromatic carbocycles. The molecule has 24 heavy (non-hydrogen) atoms. The van der Waals surface area contributed by atoms with Crippen molar-refractivity contribution < 1.29 is 4.79 Å². The second-order valence-electron chi connectivity index (χ2n) is 6.31. The predicted molar refractivity (Wildman–Crippen MR) is 93.4 cm³/mol. The molecule has 2 aromatic rings. The Morgan fingerprint density at radius 3 is 2.46 bits per heavy atom. The average molecular weight is 326 g/mol. The third-order valence-corrected chi connectivity index (χ3v) is 4.47. The van der Waals surface area contributed by atoms with Gasteiger partial charge in [0.25, 0.3) is 11.5 Å². The summed E-state index contributed by atoms with van der Waals surface area (Å²) in [5, 5.41) is 4.07. The number of aryl methyl sites for hydroxylation is 2. The van der Waals surface area contributed by atoms with Crippen LogP contribution in [0.5, 0.6) is 0 Å². The highest BCUT2D eigenvalue weighted by Gasteiger charge is 2.29. The molecule has 1 aromatic heterocycles. The van der Waals surface area contributed by atoms with E-state index in [1.54, 1.807) is 7.05 Å². The summed E-state index contributed by atoms with van der Waals surface area (Å²) in [6, 6.07) is 11.4. The highest BCUT2D eigenvalue weighted by atomic mass is 16.2. The van der Waals surface area contributed by atoms with Crippen LogP contribution in [0.25, 0.3) is 0 Å². The number of carbonyl (C=O) groups excluding carboxylic acids is 1. The number of hydrogen-bond donors (Lipinski definition) is 0. The van der Waals surface area contributed by atoms with Crippen LogP contribution in [0.4, 0.5) is 5.69 Å². The van der Waals surface area contributed by atoms with Gasteiger partial charge in [0, 0.05) is 44.5 Å². The average Bonchev–Trinajstić information content (AvgIpc) is 2.57. The molecule has 0 N–H and O–H groups in total. The summed E-state index contributed by atoms with van der Waals surface area (Å²) in [5.74, 6) is -0.123. The molecule has 0 radical (unpaired) electrons. The zero-order valence-corrected chi connectivity index (χ0v) is 14.3. The smallest absolute Gasteiger partial charge is 0.274 e. The summed E-state index contributed by atoms with van der Waals surface area (Å²) in [7, 11) is 1.55. The zero-order chi connectivity index (χ0) is 17.3. The fourth-order valence-corrected chi connectivity index (χ4v) is 3.01. The molecule has 0 bridgehead atoms. The molecule has 0 spiro atoms. The topological polar surface area (TPSA) is 58.4 Å². The minimum Gasteiger partial charge on any atom is -0.368 e. The van der Waals surface area contributed by atoms with E-state index in [4.69, 9.17) is 0 Å². The van der Waals surface area contributed by atoms with Crippen molar-refractivity contribution >= 4 is 11.6 Å². The highest BCUT2D eigenvalue weighted by Crippen LogP contribution is 2.20. The number of hydrogen-bond acceptors (Lipinski definition) is 4. The van der Waals surface area contributed by atoms with Crippen LogP contribution in [-0.4, -0.2) is 46.3 Å². The van der Waals surface area contributed by atoms with Crippen LogP contribution in [0.2, 0.25) is 0 Å². The third kappa shape index (κ3) is 3.18. The lowest BCUT2D eigenvalue weighted by atomic mass is 10.1. The van der Waals surface area contributed by atoms with Crippen LogP contribution in [0.15, 0.2) is 41.2 Å². The summed E-state index contributed by atoms with van der Waals surface area (Å²) in [6.07, 6.45) is 0. The van der Waals surface area contributed by atoms with Crippen molar-refractivity contribution in [2.24, 2.45) is 7.05 Å². The summed E-state index contributed by atoms with van der Waals surface area (Å²) in [4.78, 5) is 28.2. The van der Waals surface area contributed by atoms with Gasteiger partial charge in [-0.3, -0.25) is 9.59 Å². The number of piperazine rings is 1. The van der Waals surface area contributed by atoms with Crippen molar-refractivity contribution in [3.05, 3.63) is 58.0 Å². The largest absolute Gasteiger partial charge is 0.368 e. The zero-order valence-electron chi connectivity index (χ0n) is 14.3. The molecule has 0 aliphatic carbocycles. The van der Waals surface area contributed by atoms with Crippen LogP contribution in [0.3, 0.4) is 0 Å². The maximum Gasteiger partial charge on any atom is 0.274 e. The Bertz CT molecular complexity index is 797. The number of rotatable bonds is 2. The lowest BCUT2D eigenvalue weighted by molar-refractivity contribution is 0.0665. The van der Waals surface area contributed by atoms with Crippen LogP contribution in [-0.2, 0) is 7.05 Å². The van der Waals surface area contributed by atoms with E-state index in [0.717, 1.165) is 13.1 Å². The van der Waals surface area contributed by atoms with Gasteiger partial charge in [0.15, 0.2) is 0 Å². The summed E-state index contributed by atoms with van der Waals surface area (Å²) < 4.78 is 1.19. The molecule has 1 unspecified atom stereocenters. The van der Waals surface area contributed by atoms with Gasteiger partial charge in [0.1, 0.15) is 5.69 Å². The highest BCUT2D eigenvalue weighted by molar-refractivity contribution is 5.92. The van der Waals surface area contributed by atoms with Crippen molar-refractivity contribution in [2.45, 2.75) is 19.9 Å². The molecule has 1 fully saturated rings. The van der Waals surface area contributed by atoms with Gasteiger partial charge < -0.3 is 9.80 Å². The Hall–Kier alpha value is -2.63. The van der Waals surface area contributed by atoms with E-state index in [0.29, 0.717) is 12.2 Å². The standard InChI is InChI=1S/C18H22N4O2/c1-13-4-6-15(7-5-13)21-10-11-22(14(2)12-21)18(24)16-8-9-17(23)20(3)19-16/h4-9,14H,10-12H2,1-3H3. The molecule has 3 rings (SSSR count). The Balaban J connectivity index is 1.73. The number of carbonyl (C=O) groups is 1. The summed E-state index contributed by atoms with van der Waals surface area (Å²) in [6.45, 7) is 6.31. The van der Waals surface area contributed by atoms with E-state index in [2.05, 4.69) is 41.2 Å². The fraction of sp³-hybridized carbons (Fsp3) is 0.389. The van der Waals surface area contributed by atoms with Gasteiger partial charge in [-0.25, -0.2) is 4.68 Å². The molecule has 2 heterocycles. The molecular weight excluding hydrogens is 304 g/mol. The van der Waals surface area contributed by atoms with Crippen molar-refractivity contribution in [1.29, 1.82) is 0 Å². The molecule has 1 aliphatic heterocycles. The maximum atomic E-state index is 12.7. The van der Waals surface area contributed by atoms with Crippen molar-refractivity contribution in [1.82, 2.24) is 14.7 Å². The van der Waals surface area contributed by atoms with Gasteiger partial charge in [0.05, 0.1) is 0 Å². The van der Waals surface area contributed by atoms with Gasteiger partial charge in [0.2, 0.25) is 0 Å². The molecule has 1 aliphatic rings. The van der Waals surface area contributed by atoms with E-state index in [-0.39, 0.29) is 17.5 Å². The molecule has 1 amide bonds. The van der Waals surface area contributed by atoms with Crippen molar-refractivity contribution in [2.75, 3.05) is 24.5 Å². The predicted octanol–water partition coefficient (Wildman–Crippen LogP) is 1.44. The monoisotopic (exact) mass is 326 g/mol. The first kappa shape index (κ1) is 16.2. The van der Waals surface area contributed by atoms with E-state index < -0.39 is 0 Å². The number of nitrogens with zero attached hydrogens (tertiary/aromatic N) is 4. The number of benzene rings is 1. The molecule has 1 atom stereocenters. The first-order valence-electron chi connectivity index (χ1n) is 8.12. The van der Waals surface area contributed by atoms with E-state index in [1.807, 2.05) is 11.8 Å². The first-order chi connectivity index (χ1) is 11.5. The molecule has 6 heteroatoms. The van der Waals surface area contributed by atoms with Gasteiger partial charge in [-0.15, -0.1) is 0 Å². The fourth-order valence-electron chi connectivity index (χ4n) is 3.01. The molecule has 0 saturated carbocycles. The SMILES string of the molecule is Cc1ccc(N2CCN(C(=O)c3ccc(=O)n(C)n3)C(C)C2)cc1. The van der Waals surface area contributed by atoms with Gasteiger partial charge in [-0.1, -0.05) is 17.7 Å². The lowest BCUT2D eigenvalue weighted by Gasteiger charge is -2.40. The van der Waals surface area contributed by atoms with Gasteiger partial charge in [-0.05, 0) is 32.0 Å². The molecule has 126 valence electrons. The Kier molecular flexibility index (Phi) is 4.38. The second kappa shape index (κ2) is 6.47. The van der Waals surface area contributed by atoms with Crippen molar-refractivity contribution in [3.63, 3.8) is 0 Å². The molecule has 6 nitrogen and oxygen atoms in total. The third-order valence-electron chi connectivity index (χ3n) is 4.47. The normalized spacial score (nSPS) is 17.9. The number of aromatic nitrogens is 2. The van der Waals surface area contributed by atoms with Crippen molar-refractivity contribution in [3.8, 4) is 0 Å². The molecular formula is C18H22N4O2. The quantitative estimate of drug-likeness (QED) is 0.838. The summed E-state index contributed by atoms with van der Waals surface area (Å²) >= 11 is 0. The molecule has 1 saturated heterocycles. The Labute approximate surface area is 141 Å². The van der Waals surface area contributed by atoms with Crippen LogP contribution < -0.4 is 10.5 Å². The first-order valence-corrected chi connectivity index (χ1v) is 8.12. The van der Waals surface area contributed by atoms with Gasteiger partial charge in [-0.2, -0.15) is 5.10 Å². The number of anilines is 1. The second-order valence-corrected chi connectivity index (χ2v) is 6.31. The van der Waals surface area contributed by atoms with Crippen LogP contribution in [0, 0.1) is 6.92 Å². The van der Waals surface area contributed by atoms with Gasteiger partial charge >= 0.3 is 0 Å². The maximum absolute atomic E-state index is 12.7. The Morgan fingerprint density at radius 2 is 1.83 bits per heavy atom. The summed E-state index contributed by atoms with van der Waals surface area (Å²) in [5.41, 5.74) is 2.51. The minimum atomic E-state index is -0.219. The Morgan fingerprint density at radius 1 is 1.12 bits per heavy atom. The van der Waals surface area contributed by atoms with E-state index in [9.17, 15) is 9.59 Å². The lowest BCUT2D eigenvalue weighted by Crippen LogP contribution is -2.54. The van der Waals surface area contributed by atoms with E-state index >= 15 is 0 Å². The van der Waals surface area contributed by atoms with Crippen LogP contribution in [0.1, 0.15) is 23.0 Å². The minimum absolute atomic E-state index is 0.0755. The number of amides is 1.